The number of hydrogen-bond acceptors (Lipinski definition) is 2. The molecule has 196 valence electrons. The van der Waals surface area contributed by atoms with Gasteiger partial charge in [0, 0.05) is 17.8 Å². The molecule has 1 saturated heterocycles. The summed E-state index contributed by atoms with van der Waals surface area (Å²) < 4.78 is 12.5. The minimum atomic E-state index is -0.0529. The van der Waals surface area contributed by atoms with E-state index in [0.29, 0.717) is 29.1 Å². The molecule has 36 heavy (non-hydrogen) atoms. The third-order valence-corrected chi connectivity index (χ3v) is 10.3. The summed E-state index contributed by atoms with van der Waals surface area (Å²) in [5.74, 6) is 3.22. The van der Waals surface area contributed by atoms with E-state index in [4.69, 9.17) is 9.47 Å². The van der Waals surface area contributed by atoms with Gasteiger partial charge in [-0.2, -0.15) is 0 Å². The molecular formula is C34H48O2. The molecule has 1 heterocycles. The van der Waals surface area contributed by atoms with Crippen molar-refractivity contribution in [2.75, 3.05) is 13.2 Å². The molecule has 1 aromatic rings. The second-order valence-corrected chi connectivity index (χ2v) is 13.2. The van der Waals surface area contributed by atoms with Crippen LogP contribution in [0.5, 0.6) is 0 Å². The monoisotopic (exact) mass is 488 g/mol. The van der Waals surface area contributed by atoms with Crippen molar-refractivity contribution in [1.29, 1.82) is 0 Å². The fraction of sp³-hybridized carbons (Fsp3) is 0.647. The molecule has 0 bridgehead atoms. The fourth-order valence-electron chi connectivity index (χ4n) is 8.41. The van der Waals surface area contributed by atoms with E-state index in [0.717, 1.165) is 25.6 Å². The Labute approximate surface area is 220 Å². The van der Waals surface area contributed by atoms with Crippen LogP contribution < -0.4 is 0 Å². The van der Waals surface area contributed by atoms with Gasteiger partial charge in [0.25, 0.3) is 0 Å². The predicted octanol–water partition coefficient (Wildman–Crippen LogP) is 8.95. The van der Waals surface area contributed by atoms with E-state index >= 15 is 0 Å². The Bertz CT molecular complexity index is 975. The van der Waals surface area contributed by atoms with Gasteiger partial charge < -0.3 is 9.47 Å². The van der Waals surface area contributed by atoms with Crippen molar-refractivity contribution in [1.82, 2.24) is 0 Å². The summed E-state index contributed by atoms with van der Waals surface area (Å²) in [6, 6.07) is 9.29. The SMILES string of the molecule is C=Cc1ccc(C2CC3(C)C(C=C)CCC3C3CCC(CC4OCC(C)(C)CO4)C(CCC)=C23)cc1. The molecule has 2 saturated carbocycles. The average molecular weight is 489 g/mol. The molecule has 2 nitrogen and oxygen atoms in total. The van der Waals surface area contributed by atoms with Gasteiger partial charge >= 0.3 is 0 Å². The van der Waals surface area contributed by atoms with Crippen molar-refractivity contribution in [3.05, 3.63) is 65.8 Å². The zero-order chi connectivity index (χ0) is 25.5. The molecule has 0 N–H and O–H groups in total. The standard InChI is InChI=1S/C34H48O2/c1-7-10-27-25(19-31-35-21-33(4,5)22-36-31)15-17-28-30-18-16-26(9-3)34(30,6)20-29(32(27)28)24-13-11-23(8-2)12-14-24/h8-9,11-14,25-26,28-31H,2-3,7,10,15-22H2,1,4-6H3. The molecule has 3 fully saturated rings. The van der Waals surface area contributed by atoms with Gasteiger partial charge in [-0.05, 0) is 78.7 Å². The summed E-state index contributed by atoms with van der Waals surface area (Å²) in [6.07, 6.45) is 14.1. The smallest absolute Gasteiger partial charge is 0.158 e. The number of allylic oxidation sites excluding steroid dienone is 3. The van der Waals surface area contributed by atoms with Gasteiger partial charge in [-0.15, -0.1) is 6.58 Å². The third kappa shape index (κ3) is 4.69. The molecule has 1 aliphatic heterocycles. The molecule has 5 rings (SSSR count). The normalized spacial score (nSPS) is 36.3. The van der Waals surface area contributed by atoms with Crippen LogP contribution in [0.15, 0.2) is 54.6 Å². The lowest BCUT2D eigenvalue weighted by Gasteiger charge is -2.53. The van der Waals surface area contributed by atoms with E-state index in [1.807, 2.05) is 11.6 Å². The Morgan fingerprint density at radius 2 is 1.69 bits per heavy atom. The Morgan fingerprint density at radius 3 is 2.33 bits per heavy atom. The quantitative estimate of drug-likeness (QED) is 0.357. The van der Waals surface area contributed by atoms with Crippen molar-refractivity contribution in [2.24, 2.45) is 34.5 Å². The van der Waals surface area contributed by atoms with E-state index in [1.165, 1.54) is 56.1 Å². The van der Waals surface area contributed by atoms with Crippen LogP contribution in [0.2, 0.25) is 0 Å². The highest BCUT2D eigenvalue weighted by molar-refractivity contribution is 5.49. The van der Waals surface area contributed by atoms with Gasteiger partial charge in [-0.1, -0.05) is 88.3 Å². The van der Waals surface area contributed by atoms with Crippen LogP contribution in [0.3, 0.4) is 0 Å². The Hall–Kier alpha value is -1.64. The van der Waals surface area contributed by atoms with Crippen molar-refractivity contribution >= 4 is 6.08 Å². The molecule has 3 aliphatic carbocycles. The largest absolute Gasteiger partial charge is 0.352 e. The van der Waals surface area contributed by atoms with Gasteiger partial charge in [-0.3, -0.25) is 0 Å². The summed E-state index contributed by atoms with van der Waals surface area (Å²) >= 11 is 0. The fourth-order valence-corrected chi connectivity index (χ4v) is 8.41. The lowest BCUT2D eigenvalue weighted by molar-refractivity contribution is -0.227. The third-order valence-electron chi connectivity index (χ3n) is 10.3. The first-order chi connectivity index (χ1) is 17.3. The van der Waals surface area contributed by atoms with Crippen LogP contribution in [0.25, 0.3) is 6.08 Å². The molecule has 4 aliphatic rings. The second kappa shape index (κ2) is 10.3. The van der Waals surface area contributed by atoms with Crippen LogP contribution in [-0.2, 0) is 9.47 Å². The number of benzene rings is 1. The molecule has 2 heteroatoms. The summed E-state index contributed by atoms with van der Waals surface area (Å²) in [4.78, 5) is 0. The van der Waals surface area contributed by atoms with Crippen molar-refractivity contribution in [3.8, 4) is 0 Å². The van der Waals surface area contributed by atoms with Gasteiger partial charge in [-0.25, -0.2) is 0 Å². The Balaban J connectivity index is 1.54. The Morgan fingerprint density at radius 1 is 0.972 bits per heavy atom. The predicted molar refractivity (Wildman–Crippen MR) is 151 cm³/mol. The maximum atomic E-state index is 6.24. The minimum absolute atomic E-state index is 0.0529. The van der Waals surface area contributed by atoms with Crippen LogP contribution in [-0.4, -0.2) is 19.5 Å². The van der Waals surface area contributed by atoms with Crippen LogP contribution in [0.4, 0.5) is 0 Å². The number of ether oxygens (including phenoxy) is 2. The second-order valence-electron chi connectivity index (χ2n) is 13.2. The molecule has 6 atom stereocenters. The zero-order valence-electron chi connectivity index (χ0n) is 23.2. The summed E-state index contributed by atoms with van der Waals surface area (Å²) in [6.45, 7) is 19.3. The van der Waals surface area contributed by atoms with Gasteiger partial charge in [0.15, 0.2) is 6.29 Å². The number of fused-ring (bicyclic) bond motifs is 3. The van der Waals surface area contributed by atoms with E-state index in [2.05, 4.69) is 71.2 Å². The summed E-state index contributed by atoms with van der Waals surface area (Å²) in [7, 11) is 0. The summed E-state index contributed by atoms with van der Waals surface area (Å²) in [5.41, 5.74) is 6.74. The van der Waals surface area contributed by atoms with Crippen LogP contribution in [0, 0.1) is 34.5 Å². The highest BCUT2D eigenvalue weighted by Gasteiger charge is 2.56. The first kappa shape index (κ1) is 26.0. The average Bonchev–Trinajstić information content (AvgIpc) is 3.22. The highest BCUT2D eigenvalue weighted by atomic mass is 16.7. The number of hydrogen-bond donors (Lipinski definition) is 0. The molecule has 0 radical (unpaired) electrons. The maximum absolute atomic E-state index is 6.24. The molecule has 6 unspecified atom stereocenters. The lowest BCUT2D eigenvalue weighted by Crippen LogP contribution is -2.44. The minimum Gasteiger partial charge on any atom is -0.352 e. The Kier molecular flexibility index (Phi) is 7.40. The summed E-state index contributed by atoms with van der Waals surface area (Å²) in [5, 5.41) is 0. The highest BCUT2D eigenvalue weighted by Crippen LogP contribution is 2.65. The molecule has 0 amide bonds. The zero-order valence-corrected chi connectivity index (χ0v) is 23.2. The number of rotatable bonds is 7. The van der Waals surface area contributed by atoms with Crippen LogP contribution in [0.1, 0.15) is 96.1 Å². The van der Waals surface area contributed by atoms with Gasteiger partial charge in [0.2, 0.25) is 0 Å². The molecule has 1 aromatic carbocycles. The topological polar surface area (TPSA) is 18.5 Å². The first-order valence-corrected chi connectivity index (χ1v) is 14.6. The maximum Gasteiger partial charge on any atom is 0.158 e. The molecule has 0 spiro atoms. The molecular weight excluding hydrogens is 440 g/mol. The van der Waals surface area contributed by atoms with Crippen molar-refractivity contribution in [3.63, 3.8) is 0 Å². The van der Waals surface area contributed by atoms with E-state index < -0.39 is 0 Å². The van der Waals surface area contributed by atoms with Crippen LogP contribution >= 0.6 is 0 Å². The van der Waals surface area contributed by atoms with E-state index in [1.54, 1.807) is 5.57 Å². The molecule has 0 aromatic heterocycles. The van der Waals surface area contributed by atoms with Crippen molar-refractivity contribution < 1.29 is 9.47 Å². The van der Waals surface area contributed by atoms with Gasteiger partial charge in [0.05, 0.1) is 13.2 Å². The van der Waals surface area contributed by atoms with E-state index in [-0.39, 0.29) is 11.7 Å². The first-order valence-electron chi connectivity index (χ1n) is 14.6. The van der Waals surface area contributed by atoms with E-state index in [9.17, 15) is 0 Å². The lowest BCUT2D eigenvalue weighted by atomic mass is 9.51. The van der Waals surface area contributed by atoms with Gasteiger partial charge in [0.1, 0.15) is 0 Å². The van der Waals surface area contributed by atoms with Crippen molar-refractivity contribution in [2.45, 2.75) is 91.3 Å².